The molecule has 0 aromatic heterocycles. The summed E-state index contributed by atoms with van der Waals surface area (Å²) >= 11 is 0. The molecule has 0 aliphatic carbocycles. The van der Waals surface area contributed by atoms with Gasteiger partial charge in [0.05, 0.1) is 152 Å². The number of carbonyl (C=O) groups is 4. The largest absolute Gasteiger partial charge is 0.748 e. The zero-order valence-electron chi connectivity index (χ0n) is 57.3. The Morgan fingerprint density at radius 3 is 1.21 bits per heavy atom. The molecule has 1 aliphatic heterocycles. The third-order valence-corrected chi connectivity index (χ3v) is 17.0. The molecule has 1 heterocycles. The van der Waals surface area contributed by atoms with E-state index >= 15 is 0 Å². The number of unbranched alkanes of at least 4 members (excludes halogenated alkanes) is 2. The number of esters is 3. The fourth-order valence-corrected chi connectivity index (χ4v) is 10.9. The number of halogens is 6. The average molecular weight is 1470 g/mol. The van der Waals surface area contributed by atoms with Crippen LogP contribution in [0.25, 0.3) is 0 Å². The van der Waals surface area contributed by atoms with E-state index in [0.29, 0.717) is 111 Å². The van der Waals surface area contributed by atoms with Crippen molar-refractivity contribution in [1.29, 1.82) is 0 Å². The molecule has 3 aromatic rings. The summed E-state index contributed by atoms with van der Waals surface area (Å²) in [6.45, 7) is 5.63. The highest BCUT2D eigenvalue weighted by Gasteiger charge is 2.29. The quantitative estimate of drug-likeness (QED) is 0.00717. The number of ether oxygens (including phenoxy) is 3. The van der Waals surface area contributed by atoms with Gasteiger partial charge in [-0.3, -0.25) is 27.8 Å². The highest BCUT2D eigenvalue weighted by atomic mass is 32.2. The first-order valence-electron chi connectivity index (χ1n) is 31.0. The minimum Gasteiger partial charge on any atom is -0.748 e. The van der Waals surface area contributed by atoms with Crippen LogP contribution >= 0.6 is 0 Å². The van der Waals surface area contributed by atoms with Crippen molar-refractivity contribution in [3.05, 3.63) is 101 Å². The summed E-state index contributed by atoms with van der Waals surface area (Å²) in [7, 11) is -0.225. The zero-order chi connectivity index (χ0) is 75.1. The van der Waals surface area contributed by atoms with Gasteiger partial charge in [-0.05, 0) is 76.7 Å². The van der Waals surface area contributed by atoms with Gasteiger partial charge in [0.2, 0.25) is 34.8 Å². The fourth-order valence-electron chi connectivity index (χ4n) is 8.23. The maximum absolute atomic E-state index is 13.5. The topological polar surface area (TPSA) is 355 Å². The molecule has 1 aliphatic rings. The van der Waals surface area contributed by atoms with Gasteiger partial charge in [0, 0.05) is 56.5 Å². The standard InChI is InChI=1S/C17H27NO5S.C16H20F5NO5S.C13H19NO2.C9H19NO5S.C4H8O3S.CH3F.CH4O/c1-18(2,12-6-7-14-24(20,21)22)13-8-11-17(19)23-15-16-9-4-3-5-10-16;1-22(2,7-3-4-9-28(24,25)26)8-5-6-10(23)27-16-14(20)12(18)11(17)13(19)15(16)21;1-14(2)10-6-9-13(15)16-11-12-7-4-3-5-8-12;1-10(2,6-3-5-9(11)12)7-4-8-16(13,14)15;5-8(6)4-2-1-3-7-8;2*1-2/h3-5,9-10H,6-8,11-15H2,1-2H3;3-9H2,1-2H3;3-5,7-8H,6,9-11H2,1-2H3;3-8H2,1-2H3,(H-,11,12,13,14,15);1-4H2;1H3;2H,1H3/i;;;;;1D;. The SMILES string of the molecule is CN(C)CCCC(=O)OCc1ccccc1.CO.C[N+](C)(CCCC(=O)O)CCCS(=O)(=O)[O-].C[N+](C)(CCCCS(=O)(=O)[O-])CCCC(=O)OCc1ccccc1.C[N+](C)(CCCCS(=O)(=O)[O-])CCCC(=O)Oc1c(F)c(F)c(F)c(F)c1F.O=S1(=O)CCCCO1.[2H]CF. The smallest absolute Gasteiger partial charge is 0.311 e. The van der Waals surface area contributed by atoms with E-state index in [9.17, 15) is 92.9 Å². The number of hydrogen-bond acceptors (Lipinski definition) is 21. The second-order valence-corrected chi connectivity index (χ2v) is 30.1. The summed E-state index contributed by atoms with van der Waals surface area (Å²) in [6, 6.07) is 19.3. The lowest BCUT2D eigenvalue weighted by atomic mass is 10.2. The van der Waals surface area contributed by atoms with E-state index in [4.69, 9.17) is 21.1 Å². The monoisotopic (exact) mass is 1470 g/mol. The fraction of sp³-hybridized carbons (Fsp3) is 0.639. The molecule has 0 saturated carbocycles. The van der Waals surface area contributed by atoms with Crippen molar-refractivity contribution in [2.24, 2.45) is 0 Å². The van der Waals surface area contributed by atoms with Gasteiger partial charge in [0.15, 0.2) is 0 Å². The summed E-state index contributed by atoms with van der Waals surface area (Å²) in [4.78, 5) is 47.1. The number of aliphatic hydroxyl groups excluding tert-OH is 1. The van der Waals surface area contributed by atoms with Crippen molar-refractivity contribution < 1.29 is 136 Å². The molecule has 1 saturated heterocycles. The Hall–Kier alpha value is -5.44. The van der Waals surface area contributed by atoms with Gasteiger partial charge in [0.25, 0.3) is 10.1 Å². The highest BCUT2D eigenvalue weighted by Crippen LogP contribution is 2.29. The Morgan fingerprint density at radius 1 is 0.542 bits per heavy atom. The van der Waals surface area contributed by atoms with Gasteiger partial charge in [-0.1, -0.05) is 60.7 Å². The molecule has 556 valence electrons. The molecule has 25 nitrogen and oxygen atoms in total. The number of carboxylic acids is 1. The molecule has 35 heteroatoms. The van der Waals surface area contributed by atoms with Crippen molar-refractivity contribution >= 4 is 64.3 Å². The first-order valence-corrected chi connectivity index (χ1v) is 36.6. The lowest BCUT2D eigenvalue weighted by molar-refractivity contribution is -0.890. The summed E-state index contributed by atoms with van der Waals surface area (Å²) in [5.74, 6) is -16.1. The average Bonchev–Trinajstić information content (AvgIpc) is 0.801. The van der Waals surface area contributed by atoms with Crippen molar-refractivity contribution in [1.82, 2.24) is 4.90 Å². The third kappa shape index (κ3) is 54.6. The van der Waals surface area contributed by atoms with Crippen LogP contribution in [-0.2, 0) is 86.5 Å². The van der Waals surface area contributed by atoms with Gasteiger partial charge in [-0.15, -0.1) is 0 Å². The normalized spacial score (nSPS) is 13.0. The molecule has 1 fully saturated rings. The molecular formula is C61H100F6N4O21S4. The molecule has 96 heavy (non-hydrogen) atoms. The molecule has 0 bridgehead atoms. The van der Waals surface area contributed by atoms with Crippen molar-refractivity contribution in [2.75, 3.05) is 146 Å². The Balaban J connectivity index is -0.00000116. The van der Waals surface area contributed by atoms with Gasteiger partial charge in [-0.25, -0.2) is 38.4 Å². The number of nitrogens with zero attached hydrogens (tertiary/aromatic N) is 4. The van der Waals surface area contributed by atoms with Crippen LogP contribution in [0.4, 0.5) is 26.3 Å². The second kappa shape index (κ2) is 50.0. The maximum Gasteiger partial charge on any atom is 0.311 e. The van der Waals surface area contributed by atoms with Gasteiger partial charge in [0.1, 0.15) is 13.2 Å². The summed E-state index contributed by atoms with van der Waals surface area (Å²) in [6.07, 6.45) is 6.55. The predicted octanol–water partition coefficient (Wildman–Crippen LogP) is 6.64. The number of carbonyl (C=O) groups excluding carboxylic acids is 3. The highest BCUT2D eigenvalue weighted by molar-refractivity contribution is 7.86. The summed E-state index contributed by atoms with van der Waals surface area (Å²) < 4.78 is 217. The van der Waals surface area contributed by atoms with Crippen LogP contribution in [0.3, 0.4) is 0 Å². The van der Waals surface area contributed by atoms with E-state index in [1.54, 1.807) is 14.1 Å². The van der Waals surface area contributed by atoms with Gasteiger partial charge >= 0.3 is 23.9 Å². The molecular weight excluding hydrogens is 1370 g/mol. The van der Waals surface area contributed by atoms with E-state index < -0.39 is 100 Å². The van der Waals surface area contributed by atoms with Crippen LogP contribution in [0.5, 0.6) is 5.75 Å². The van der Waals surface area contributed by atoms with Crippen LogP contribution < -0.4 is 4.74 Å². The Labute approximate surface area is 565 Å². The number of aliphatic carboxylic acids is 1. The van der Waals surface area contributed by atoms with Crippen LogP contribution in [0.15, 0.2) is 60.7 Å². The number of carboxylic acid groups (broad SMARTS) is 1. The number of rotatable bonds is 35. The molecule has 4 rings (SSSR count). The lowest BCUT2D eigenvalue weighted by Gasteiger charge is -2.29. The van der Waals surface area contributed by atoms with Gasteiger partial charge < -0.3 is 56.4 Å². The molecule has 3 aromatic carbocycles. The maximum atomic E-state index is 13.5. The Bertz CT molecular complexity index is 3140. The van der Waals surface area contributed by atoms with Crippen LogP contribution in [-0.4, -0.2) is 246 Å². The van der Waals surface area contributed by atoms with E-state index in [2.05, 4.69) is 13.8 Å². The summed E-state index contributed by atoms with van der Waals surface area (Å²) in [5, 5.41) is 15.5. The first kappa shape index (κ1) is 92.6. The minimum absolute atomic E-state index is 0.113. The molecule has 0 radical (unpaired) electrons. The van der Waals surface area contributed by atoms with Crippen molar-refractivity contribution in [3.63, 3.8) is 0 Å². The molecule has 0 amide bonds. The van der Waals surface area contributed by atoms with E-state index in [1.165, 1.54) is 0 Å². The van der Waals surface area contributed by atoms with E-state index in [1.807, 2.05) is 103 Å². The molecule has 2 N–H and O–H groups in total. The van der Waals surface area contributed by atoms with Gasteiger partial charge in [-0.2, -0.15) is 17.2 Å². The molecule has 0 unspecified atom stereocenters. The minimum atomic E-state index is -4.27. The van der Waals surface area contributed by atoms with Crippen LogP contribution in [0.2, 0.25) is 0 Å². The van der Waals surface area contributed by atoms with E-state index in [0.717, 1.165) is 57.1 Å². The number of quaternary nitrogens is 3. The third-order valence-electron chi connectivity index (χ3n) is 13.3. The van der Waals surface area contributed by atoms with Crippen molar-refractivity contribution in [2.45, 2.75) is 110 Å². The van der Waals surface area contributed by atoms with Crippen LogP contribution in [0.1, 0.15) is 109 Å². The Kier molecular flexibility index (Phi) is 48.2. The predicted molar refractivity (Wildman–Crippen MR) is 344 cm³/mol. The van der Waals surface area contributed by atoms with Crippen LogP contribution in [0, 0.1) is 29.1 Å². The zero-order valence-corrected chi connectivity index (χ0v) is 59.6. The number of benzene rings is 3. The number of alkyl halides is 1. The molecule has 0 spiro atoms. The first-order chi connectivity index (χ1) is 44.9. The second-order valence-electron chi connectivity index (χ2n) is 23.8. The summed E-state index contributed by atoms with van der Waals surface area (Å²) in [5.41, 5.74) is 2.00. The number of aliphatic hydroxyl groups is 1. The van der Waals surface area contributed by atoms with E-state index in [-0.39, 0.29) is 54.9 Å². The number of hydrogen-bond donors (Lipinski definition) is 2. The van der Waals surface area contributed by atoms with Crippen molar-refractivity contribution in [3.8, 4) is 5.75 Å². The Morgan fingerprint density at radius 2 is 0.875 bits per heavy atom. The molecule has 0 atom stereocenters. The lowest BCUT2D eigenvalue weighted by Crippen LogP contribution is -2.42.